The molecule has 0 aromatic heterocycles. The van der Waals surface area contributed by atoms with Crippen molar-refractivity contribution >= 4 is 16.3 Å². The van der Waals surface area contributed by atoms with Gasteiger partial charge in [0.25, 0.3) is 0 Å². The fraction of sp³-hybridized carbons (Fsp3) is 0.364. The second kappa shape index (κ2) is 10.00. The number of allylic oxidation sites excluding steroid dienone is 4. The minimum absolute atomic E-state index is 0. The SMILES string of the molecule is C.C/C=C\C(=C/C)c1ccc2cc(C(C)C)ccc2c1.CC. The van der Waals surface area contributed by atoms with Crippen LogP contribution in [0.4, 0.5) is 0 Å². The molecule has 0 saturated heterocycles. The Morgan fingerprint density at radius 1 is 0.909 bits per heavy atom. The molecule has 0 N–H and O–H groups in total. The molecule has 0 nitrogen and oxygen atoms in total. The van der Waals surface area contributed by atoms with Gasteiger partial charge in [0.15, 0.2) is 0 Å². The Bertz CT molecular complexity index is 628. The van der Waals surface area contributed by atoms with E-state index < -0.39 is 0 Å². The van der Waals surface area contributed by atoms with E-state index in [0.29, 0.717) is 5.92 Å². The Hall–Kier alpha value is -1.82. The van der Waals surface area contributed by atoms with Gasteiger partial charge in [-0.25, -0.2) is 0 Å². The van der Waals surface area contributed by atoms with Crippen LogP contribution >= 0.6 is 0 Å². The molecule has 0 fully saturated rings. The van der Waals surface area contributed by atoms with E-state index in [1.54, 1.807) is 0 Å². The molecule has 0 heterocycles. The Balaban J connectivity index is 0.00000141. The number of rotatable bonds is 3. The molecule has 120 valence electrons. The van der Waals surface area contributed by atoms with Crippen molar-refractivity contribution < 1.29 is 0 Å². The molecule has 0 atom stereocenters. The summed E-state index contributed by atoms with van der Waals surface area (Å²) in [6.45, 7) is 12.6. The number of hydrogen-bond donors (Lipinski definition) is 0. The van der Waals surface area contributed by atoms with Gasteiger partial charge in [-0.3, -0.25) is 0 Å². The summed E-state index contributed by atoms with van der Waals surface area (Å²) in [5, 5.41) is 2.64. The summed E-state index contributed by atoms with van der Waals surface area (Å²) in [6, 6.07) is 13.5. The summed E-state index contributed by atoms with van der Waals surface area (Å²) in [4.78, 5) is 0. The predicted octanol–water partition coefficient (Wildman–Crippen LogP) is 7.60. The molecule has 2 aromatic carbocycles. The van der Waals surface area contributed by atoms with E-state index in [1.165, 1.54) is 27.5 Å². The second-order valence-corrected chi connectivity index (χ2v) is 5.22. The van der Waals surface area contributed by atoms with Crippen LogP contribution in [0.3, 0.4) is 0 Å². The van der Waals surface area contributed by atoms with Crippen LogP contribution in [-0.2, 0) is 0 Å². The summed E-state index contributed by atoms with van der Waals surface area (Å²) >= 11 is 0. The Labute approximate surface area is 137 Å². The fourth-order valence-electron chi connectivity index (χ4n) is 2.34. The molecule has 0 amide bonds. The van der Waals surface area contributed by atoms with E-state index in [4.69, 9.17) is 0 Å². The van der Waals surface area contributed by atoms with Gasteiger partial charge in [0.05, 0.1) is 0 Å². The van der Waals surface area contributed by atoms with Crippen molar-refractivity contribution in [3.05, 3.63) is 65.8 Å². The van der Waals surface area contributed by atoms with Crippen molar-refractivity contribution in [2.75, 3.05) is 0 Å². The van der Waals surface area contributed by atoms with Gasteiger partial charge >= 0.3 is 0 Å². The largest absolute Gasteiger partial charge is 0.0871 e. The molecule has 0 heteroatoms. The molecule has 22 heavy (non-hydrogen) atoms. The molecule has 0 spiro atoms. The van der Waals surface area contributed by atoms with Crippen LogP contribution < -0.4 is 0 Å². The fourth-order valence-corrected chi connectivity index (χ4v) is 2.34. The van der Waals surface area contributed by atoms with Crippen molar-refractivity contribution in [1.82, 2.24) is 0 Å². The standard InChI is InChI=1S/C19H22.C2H6.CH4/c1-5-7-15(6-2)17-10-11-18-12-16(14(3)4)8-9-19(18)13-17;1-2;/h5-14H,1-4H3;1-2H3;1H4/b7-5-,15-6+;;. The topological polar surface area (TPSA) is 0 Å². The van der Waals surface area contributed by atoms with Crippen molar-refractivity contribution in [2.45, 2.75) is 54.9 Å². The highest BCUT2D eigenvalue weighted by Crippen LogP contribution is 2.25. The van der Waals surface area contributed by atoms with E-state index in [0.717, 1.165) is 0 Å². The second-order valence-electron chi connectivity index (χ2n) is 5.22. The van der Waals surface area contributed by atoms with Gasteiger partial charge in [-0.15, -0.1) is 0 Å². The normalized spacial score (nSPS) is 11.3. The van der Waals surface area contributed by atoms with E-state index in [2.05, 4.69) is 82.3 Å². The lowest BCUT2D eigenvalue weighted by atomic mass is 9.96. The molecule has 0 aliphatic carbocycles. The average molecular weight is 296 g/mol. The first-order chi connectivity index (χ1) is 10.2. The van der Waals surface area contributed by atoms with Crippen LogP contribution in [0.5, 0.6) is 0 Å². The minimum atomic E-state index is 0. The lowest BCUT2D eigenvalue weighted by Gasteiger charge is -2.09. The van der Waals surface area contributed by atoms with Crippen LogP contribution in [0.1, 0.15) is 66.0 Å². The Morgan fingerprint density at radius 3 is 2.05 bits per heavy atom. The van der Waals surface area contributed by atoms with Gasteiger partial charge < -0.3 is 0 Å². The summed E-state index contributed by atoms with van der Waals surface area (Å²) < 4.78 is 0. The van der Waals surface area contributed by atoms with Crippen LogP contribution in [0.15, 0.2) is 54.6 Å². The maximum absolute atomic E-state index is 2.30. The van der Waals surface area contributed by atoms with Crippen molar-refractivity contribution in [3.8, 4) is 0 Å². The van der Waals surface area contributed by atoms with Gasteiger partial charge in [-0.2, -0.15) is 0 Å². The first kappa shape index (κ1) is 20.2. The van der Waals surface area contributed by atoms with Crippen LogP contribution in [0, 0.1) is 0 Å². The molecule has 2 aromatic rings. The molecule has 0 saturated carbocycles. The Morgan fingerprint density at radius 2 is 1.50 bits per heavy atom. The van der Waals surface area contributed by atoms with E-state index in [9.17, 15) is 0 Å². The van der Waals surface area contributed by atoms with Crippen molar-refractivity contribution in [2.24, 2.45) is 0 Å². The van der Waals surface area contributed by atoms with Gasteiger partial charge in [0, 0.05) is 0 Å². The zero-order valence-electron chi connectivity index (χ0n) is 14.3. The van der Waals surface area contributed by atoms with Crippen LogP contribution in [0.25, 0.3) is 16.3 Å². The quantitative estimate of drug-likeness (QED) is 0.511. The molecule has 0 radical (unpaired) electrons. The number of hydrogen-bond acceptors (Lipinski definition) is 0. The van der Waals surface area contributed by atoms with Gasteiger partial charge in [-0.1, -0.05) is 83.7 Å². The third-order valence-corrected chi connectivity index (χ3v) is 3.52. The summed E-state index contributed by atoms with van der Waals surface area (Å²) in [5.41, 5.74) is 3.96. The first-order valence-corrected chi connectivity index (χ1v) is 7.98. The highest BCUT2D eigenvalue weighted by atomic mass is 14.1. The van der Waals surface area contributed by atoms with E-state index in [1.807, 2.05) is 13.8 Å². The van der Waals surface area contributed by atoms with Crippen molar-refractivity contribution in [3.63, 3.8) is 0 Å². The molecule has 0 bridgehead atoms. The lowest BCUT2D eigenvalue weighted by Crippen LogP contribution is -1.88. The van der Waals surface area contributed by atoms with Gasteiger partial charge in [0.2, 0.25) is 0 Å². The van der Waals surface area contributed by atoms with E-state index in [-0.39, 0.29) is 7.43 Å². The van der Waals surface area contributed by atoms with Gasteiger partial charge in [0.1, 0.15) is 0 Å². The minimum Gasteiger partial charge on any atom is -0.0871 e. The lowest BCUT2D eigenvalue weighted by molar-refractivity contribution is 0.869. The molecule has 0 unspecified atom stereocenters. The van der Waals surface area contributed by atoms with Crippen molar-refractivity contribution in [1.29, 1.82) is 0 Å². The third kappa shape index (κ3) is 4.87. The highest BCUT2D eigenvalue weighted by Gasteiger charge is 2.03. The zero-order valence-corrected chi connectivity index (χ0v) is 14.3. The zero-order chi connectivity index (χ0) is 15.8. The van der Waals surface area contributed by atoms with Crippen LogP contribution in [-0.4, -0.2) is 0 Å². The summed E-state index contributed by atoms with van der Waals surface area (Å²) in [5.74, 6) is 0.582. The monoisotopic (exact) mass is 296 g/mol. The molecule has 0 aliphatic rings. The average Bonchev–Trinajstić information content (AvgIpc) is 2.53. The maximum atomic E-state index is 2.30. The molecular weight excluding hydrogens is 264 g/mol. The van der Waals surface area contributed by atoms with Gasteiger partial charge in [-0.05, 0) is 53.3 Å². The smallest absolute Gasteiger partial charge is 0.0178 e. The van der Waals surface area contributed by atoms with Crippen LogP contribution in [0.2, 0.25) is 0 Å². The number of benzene rings is 2. The van der Waals surface area contributed by atoms with E-state index >= 15 is 0 Å². The summed E-state index contributed by atoms with van der Waals surface area (Å²) in [7, 11) is 0. The predicted molar refractivity (Wildman–Crippen MR) is 105 cm³/mol. The molecule has 2 rings (SSSR count). The molecular formula is C22H32. The summed E-state index contributed by atoms with van der Waals surface area (Å²) in [6.07, 6.45) is 6.40. The number of fused-ring (bicyclic) bond motifs is 1. The molecule has 0 aliphatic heterocycles. The Kier molecular flexibility index (Phi) is 9.17. The third-order valence-electron chi connectivity index (χ3n) is 3.52. The maximum Gasteiger partial charge on any atom is -0.0178 e. The highest BCUT2D eigenvalue weighted by molar-refractivity contribution is 5.88. The first-order valence-electron chi connectivity index (χ1n) is 7.98.